The lowest BCUT2D eigenvalue weighted by Gasteiger charge is -2.35. The van der Waals surface area contributed by atoms with Gasteiger partial charge in [-0.1, -0.05) is 6.07 Å². The van der Waals surface area contributed by atoms with Gasteiger partial charge in [-0.2, -0.15) is 4.31 Å². The molecule has 1 aliphatic heterocycles. The number of rotatable bonds is 5. The third-order valence-electron chi connectivity index (χ3n) is 5.81. The monoisotopic (exact) mass is 470 g/mol. The van der Waals surface area contributed by atoms with Gasteiger partial charge in [0.05, 0.1) is 10.8 Å². The van der Waals surface area contributed by atoms with Crippen molar-refractivity contribution in [2.75, 3.05) is 31.1 Å². The molecule has 2 aromatic carbocycles. The fourth-order valence-corrected chi connectivity index (χ4v) is 5.65. The third kappa shape index (κ3) is 4.53. The number of sulfonamides is 1. The molecule has 2 aliphatic rings. The summed E-state index contributed by atoms with van der Waals surface area (Å²) in [6.07, 6.45) is -3.69. The van der Waals surface area contributed by atoms with Crippen molar-refractivity contribution in [1.29, 1.82) is 0 Å². The van der Waals surface area contributed by atoms with Crippen LogP contribution < -0.4 is 9.64 Å². The predicted octanol–water partition coefficient (Wildman–Crippen LogP) is 3.21. The van der Waals surface area contributed by atoms with E-state index < -0.39 is 28.3 Å². The highest BCUT2D eigenvalue weighted by Crippen LogP contribution is 2.35. The summed E-state index contributed by atoms with van der Waals surface area (Å²) in [4.78, 5) is 13.4. The van der Waals surface area contributed by atoms with Crippen LogP contribution in [0.2, 0.25) is 0 Å². The Labute approximate surface area is 183 Å². The molecule has 1 N–H and O–H groups in total. The molecule has 11 heteroatoms. The van der Waals surface area contributed by atoms with Crippen LogP contribution in [0.3, 0.4) is 0 Å². The number of aliphatic carboxylic acids is 1. The van der Waals surface area contributed by atoms with E-state index in [1.165, 1.54) is 40.7 Å². The van der Waals surface area contributed by atoms with Crippen molar-refractivity contribution in [2.24, 2.45) is 0 Å². The van der Waals surface area contributed by atoms with E-state index in [0.29, 0.717) is 37.2 Å². The number of carbonyl (C=O) groups is 1. The molecule has 7 nitrogen and oxygen atoms in total. The first-order valence-electron chi connectivity index (χ1n) is 10.0. The fourth-order valence-electron chi connectivity index (χ4n) is 4.19. The highest BCUT2D eigenvalue weighted by Gasteiger charge is 2.33. The third-order valence-corrected chi connectivity index (χ3v) is 7.70. The lowest BCUT2D eigenvalue weighted by atomic mass is 10.0. The Hall–Kier alpha value is -2.79. The van der Waals surface area contributed by atoms with Crippen LogP contribution in [-0.2, 0) is 21.2 Å². The molecule has 0 saturated carbocycles. The number of benzene rings is 2. The molecular weight excluding hydrogens is 449 g/mol. The van der Waals surface area contributed by atoms with Gasteiger partial charge in [-0.15, -0.1) is 13.2 Å². The van der Waals surface area contributed by atoms with Crippen molar-refractivity contribution < 1.29 is 36.2 Å². The molecule has 1 heterocycles. The number of carboxylic acid groups (broad SMARTS) is 1. The average Bonchev–Trinajstić information content (AvgIpc) is 3.17. The van der Waals surface area contributed by atoms with Gasteiger partial charge in [-0.3, -0.25) is 4.79 Å². The van der Waals surface area contributed by atoms with E-state index >= 15 is 0 Å². The summed E-state index contributed by atoms with van der Waals surface area (Å²) < 4.78 is 68.4. The van der Waals surface area contributed by atoms with Crippen molar-refractivity contribution in [1.82, 2.24) is 4.31 Å². The van der Waals surface area contributed by atoms with Crippen LogP contribution in [0.25, 0.3) is 0 Å². The van der Waals surface area contributed by atoms with E-state index in [2.05, 4.69) is 4.74 Å². The van der Waals surface area contributed by atoms with Crippen LogP contribution in [-0.4, -0.2) is 56.3 Å². The lowest BCUT2D eigenvalue weighted by Crippen LogP contribution is -2.48. The fraction of sp³-hybridized carbons (Fsp3) is 0.381. The second-order valence-corrected chi connectivity index (χ2v) is 9.66. The largest absolute Gasteiger partial charge is 0.573 e. The summed E-state index contributed by atoms with van der Waals surface area (Å²) in [5.74, 6) is -1.97. The second kappa shape index (κ2) is 8.28. The van der Waals surface area contributed by atoms with Gasteiger partial charge in [0.15, 0.2) is 0 Å². The Balaban J connectivity index is 1.44. The maximum absolute atomic E-state index is 13.1. The number of piperazine rings is 1. The first-order valence-corrected chi connectivity index (χ1v) is 11.5. The molecule has 1 saturated heterocycles. The van der Waals surface area contributed by atoms with E-state index in [-0.39, 0.29) is 23.7 Å². The molecule has 2 aromatic rings. The number of anilines is 1. The Bertz CT molecular complexity index is 1110. The lowest BCUT2D eigenvalue weighted by molar-refractivity contribution is -0.274. The SMILES string of the molecule is O=C(O)C1CCc2ccc(S(=O)(=O)N3CCN(c4ccc(OC(F)(F)F)cc4)CC3)cc21. The van der Waals surface area contributed by atoms with Crippen LogP contribution in [0.5, 0.6) is 5.75 Å². The molecule has 172 valence electrons. The summed E-state index contributed by atoms with van der Waals surface area (Å²) in [6.45, 7) is 1.12. The summed E-state index contributed by atoms with van der Waals surface area (Å²) in [5, 5.41) is 9.38. The quantitative estimate of drug-likeness (QED) is 0.722. The van der Waals surface area contributed by atoms with E-state index in [1.54, 1.807) is 6.07 Å². The van der Waals surface area contributed by atoms with Crippen LogP contribution >= 0.6 is 0 Å². The molecule has 1 unspecified atom stereocenters. The normalized spacial score (nSPS) is 19.6. The number of nitrogens with zero attached hydrogens (tertiary/aromatic N) is 2. The number of aryl methyl sites for hydroxylation is 1. The van der Waals surface area contributed by atoms with E-state index in [0.717, 1.165) is 5.56 Å². The molecule has 32 heavy (non-hydrogen) atoms. The Morgan fingerprint density at radius 3 is 2.28 bits per heavy atom. The zero-order chi connectivity index (χ0) is 23.1. The minimum Gasteiger partial charge on any atom is -0.481 e. The topological polar surface area (TPSA) is 87.1 Å². The number of carboxylic acids is 1. The van der Waals surface area contributed by atoms with Gasteiger partial charge >= 0.3 is 12.3 Å². The summed E-state index contributed by atoms with van der Waals surface area (Å²) in [6, 6.07) is 10.1. The standard InChI is InChI=1S/C21H21F3N2O5S/c22-21(23,24)31-16-5-3-15(4-6-16)25-9-11-26(12-10-25)32(29,30)17-7-1-14-2-8-18(20(27)28)19(14)13-17/h1,3-7,13,18H,2,8-12H2,(H,27,28). The van der Waals surface area contributed by atoms with Gasteiger partial charge in [-0.05, 0) is 60.4 Å². The molecule has 0 aromatic heterocycles. The molecular formula is C21H21F3N2O5S. The Kier molecular flexibility index (Phi) is 5.80. The molecule has 0 radical (unpaired) electrons. The second-order valence-electron chi connectivity index (χ2n) is 7.72. The first-order chi connectivity index (χ1) is 15.0. The smallest absolute Gasteiger partial charge is 0.481 e. The van der Waals surface area contributed by atoms with Crippen LogP contribution in [0.4, 0.5) is 18.9 Å². The number of halogens is 3. The number of alkyl halides is 3. The number of hydrogen-bond acceptors (Lipinski definition) is 5. The molecule has 4 rings (SSSR count). The van der Waals surface area contributed by atoms with Gasteiger partial charge < -0.3 is 14.7 Å². The highest BCUT2D eigenvalue weighted by atomic mass is 32.2. The minimum atomic E-state index is -4.76. The van der Waals surface area contributed by atoms with E-state index in [4.69, 9.17) is 0 Å². The zero-order valence-corrected chi connectivity index (χ0v) is 17.7. The van der Waals surface area contributed by atoms with Gasteiger partial charge in [-0.25, -0.2) is 8.42 Å². The van der Waals surface area contributed by atoms with Crippen molar-refractivity contribution >= 4 is 21.7 Å². The minimum absolute atomic E-state index is 0.0755. The average molecular weight is 470 g/mol. The molecule has 0 bridgehead atoms. The van der Waals surface area contributed by atoms with Crippen molar-refractivity contribution in [2.45, 2.75) is 30.0 Å². The van der Waals surface area contributed by atoms with E-state index in [1.807, 2.05) is 4.90 Å². The molecule has 0 amide bonds. The summed E-state index contributed by atoms with van der Waals surface area (Å²) in [5.41, 5.74) is 2.08. The molecule has 1 atom stereocenters. The maximum Gasteiger partial charge on any atom is 0.573 e. The first kappa shape index (κ1) is 22.4. The molecule has 1 fully saturated rings. The van der Waals surface area contributed by atoms with Gasteiger partial charge in [0, 0.05) is 31.9 Å². The van der Waals surface area contributed by atoms with Gasteiger partial charge in [0.1, 0.15) is 5.75 Å². The van der Waals surface area contributed by atoms with Crippen molar-refractivity contribution in [3.8, 4) is 5.75 Å². The molecule has 0 spiro atoms. The summed E-state index contributed by atoms with van der Waals surface area (Å²) in [7, 11) is -3.80. The Morgan fingerprint density at radius 1 is 1.03 bits per heavy atom. The predicted molar refractivity (Wildman–Crippen MR) is 109 cm³/mol. The number of fused-ring (bicyclic) bond motifs is 1. The zero-order valence-electron chi connectivity index (χ0n) is 16.9. The van der Waals surface area contributed by atoms with Crippen LogP contribution in [0.15, 0.2) is 47.4 Å². The highest BCUT2D eigenvalue weighted by molar-refractivity contribution is 7.89. The van der Waals surface area contributed by atoms with Crippen molar-refractivity contribution in [3.05, 3.63) is 53.6 Å². The number of ether oxygens (including phenoxy) is 1. The Morgan fingerprint density at radius 2 is 1.69 bits per heavy atom. The molecule has 1 aliphatic carbocycles. The van der Waals surface area contributed by atoms with Crippen LogP contribution in [0.1, 0.15) is 23.5 Å². The van der Waals surface area contributed by atoms with Gasteiger partial charge in [0.25, 0.3) is 0 Å². The van der Waals surface area contributed by atoms with Crippen molar-refractivity contribution in [3.63, 3.8) is 0 Å². The van der Waals surface area contributed by atoms with Crippen LogP contribution in [0, 0.1) is 0 Å². The summed E-state index contributed by atoms with van der Waals surface area (Å²) >= 11 is 0. The maximum atomic E-state index is 13.1. The number of hydrogen-bond donors (Lipinski definition) is 1. The van der Waals surface area contributed by atoms with E-state index in [9.17, 15) is 31.5 Å². The van der Waals surface area contributed by atoms with Gasteiger partial charge in [0.2, 0.25) is 10.0 Å².